The van der Waals surface area contributed by atoms with Gasteiger partial charge in [-0.1, -0.05) is 19.1 Å². The molecule has 6 heteroatoms. The van der Waals surface area contributed by atoms with E-state index >= 15 is 0 Å². The molecule has 1 aliphatic rings. The molecule has 0 aliphatic carbocycles. The summed E-state index contributed by atoms with van der Waals surface area (Å²) < 4.78 is 25.9. The first-order valence-corrected chi connectivity index (χ1v) is 10.9. The van der Waals surface area contributed by atoms with Crippen molar-refractivity contribution >= 4 is 21.6 Å². The third-order valence-corrected chi connectivity index (χ3v) is 6.19. The van der Waals surface area contributed by atoms with Gasteiger partial charge in [0.2, 0.25) is 15.9 Å². The molecule has 1 aromatic carbocycles. The van der Waals surface area contributed by atoms with Gasteiger partial charge >= 0.3 is 0 Å². The minimum Gasteiger partial charge on any atom is -0.342 e. The van der Waals surface area contributed by atoms with Gasteiger partial charge in [0.1, 0.15) is 0 Å². The lowest BCUT2D eigenvalue weighted by Gasteiger charge is -2.31. The lowest BCUT2D eigenvalue weighted by atomic mass is 10.00. The Morgan fingerprint density at radius 3 is 2.68 bits per heavy atom. The molecule has 0 radical (unpaired) electrons. The molecule has 1 aromatic rings. The van der Waals surface area contributed by atoms with Crippen LogP contribution in [0.1, 0.15) is 43.7 Å². The Kier molecular flexibility index (Phi) is 6.49. The maximum atomic E-state index is 12.4. The number of rotatable bonds is 6. The van der Waals surface area contributed by atoms with E-state index in [2.05, 4.69) is 6.92 Å². The van der Waals surface area contributed by atoms with E-state index in [-0.39, 0.29) is 5.91 Å². The molecule has 5 nitrogen and oxygen atoms in total. The van der Waals surface area contributed by atoms with Gasteiger partial charge in [0.05, 0.1) is 11.9 Å². The molecule has 1 fully saturated rings. The molecule has 1 aliphatic heterocycles. The van der Waals surface area contributed by atoms with Gasteiger partial charge in [0.15, 0.2) is 0 Å². The summed E-state index contributed by atoms with van der Waals surface area (Å²) >= 11 is 0. The van der Waals surface area contributed by atoms with Crippen molar-refractivity contribution in [3.05, 3.63) is 29.3 Å². The zero-order chi connectivity index (χ0) is 18.6. The van der Waals surface area contributed by atoms with E-state index in [1.54, 1.807) is 0 Å². The predicted molar refractivity (Wildman–Crippen MR) is 102 cm³/mol. The summed E-state index contributed by atoms with van der Waals surface area (Å²) in [6.07, 6.45) is 4.39. The average molecular weight is 367 g/mol. The van der Waals surface area contributed by atoms with Crippen LogP contribution in [-0.4, -0.2) is 45.1 Å². The summed E-state index contributed by atoms with van der Waals surface area (Å²) in [5, 5.41) is 0. The van der Waals surface area contributed by atoms with Crippen molar-refractivity contribution in [2.24, 2.45) is 5.92 Å². The van der Waals surface area contributed by atoms with Gasteiger partial charge in [-0.15, -0.1) is 0 Å². The fourth-order valence-corrected chi connectivity index (χ4v) is 4.43. The van der Waals surface area contributed by atoms with Crippen molar-refractivity contribution in [2.75, 3.05) is 30.2 Å². The van der Waals surface area contributed by atoms with E-state index in [1.165, 1.54) is 17.0 Å². The Hall–Kier alpha value is -1.56. The van der Waals surface area contributed by atoms with Crippen LogP contribution in [-0.2, 0) is 14.8 Å². The molecule has 0 spiro atoms. The second kappa shape index (κ2) is 8.21. The number of amides is 1. The van der Waals surface area contributed by atoms with Crippen LogP contribution >= 0.6 is 0 Å². The van der Waals surface area contributed by atoms with Crippen LogP contribution in [0.15, 0.2) is 18.2 Å². The number of benzene rings is 1. The van der Waals surface area contributed by atoms with Gasteiger partial charge in [-0.25, -0.2) is 8.42 Å². The Labute approximate surface area is 152 Å². The van der Waals surface area contributed by atoms with Gasteiger partial charge in [-0.3, -0.25) is 9.10 Å². The van der Waals surface area contributed by atoms with Crippen LogP contribution in [0.3, 0.4) is 0 Å². The van der Waals surface area contributed by atoms with Crippen molar-refractivity contribution in [1.29, 1.82) is 0 Å². The minimum absolute atomic E-state index is 0.140. The van der Waals surface area contributed by atoms with Crippen molar-refractivity contribution in [1.82, 2.24) is 4.90 Å². The van der Waals surface area contributed by atoms with Crippen molar-refractivity contribution in [3.63, 3.8) is 0 Å². The Morgan fingerprint density at radius 1 is 1.32 bits per heavy atom. The Bertz CT molecular complexity index is 715. The number of hydrogen-bond acceptors (Lipinski definition) is 3. The summed E-state index contributed by atoms with van der Waals surface area (Å²) in [7, 11) is -3.38. The van der Waals surface area contributed by atoms with E-state index in [1.807, 2.05) is 36.9 Å². The molecule has 140 valence electrons. The maximum Gasteiger partial charge on any atom is 0.232 e. The van der Waals surface area contributed by atoms with Gasteiger partial charge in [0.25, 0.3) is 0 Å². The van der Waals surface area contributed by atoms with E-state index in [9.17, 15) is 13.2 Å². The first-order valence-electron chi connectivity index (χ1n) is 9.02. The Balaban J connectivity index is 2.02. The van der Waals surface area contributed by atoms with E-state index in [0.717, 1.165) is 30.6 Å². The molecule has 25 heavy (non-hydrogen) atoms. The van der Waals surface area contributed by atoms with E-state index < -0.39 is 10.0 Å². The summed E-state index contributed by atoms with van der Waals surface area (Å²) in [5.41, 5.74) is 2.73. The maximum absolute atomic E-state index is 12.4. The summed E-state index contributed by atoms with van der Waals surface area (Å²) in [6.45, 7) is 8.06. The lowest BCUT2D eigenvalue weighted by Crippen LogP contribution is -2.39. The number of anilines is 1. The highest BCUT2D eigenvalue weighted by atomic mass is 32.2. The van der Waals surface area contributed by atoms with Crippen LogP contribution in [0.4, 0.5) is 5.69 Å². The number of hydrogen-bond donors (Lipinski definition) is 0. The van der Waals surface area contributed by atoms with E-state index in [0.29, 0.717) is 31.0 Å². The fourth-order valence-electron chi connectivity index (χ4n) is 3.42. The topological polar surface area (TPSA) is 57.7 Å². The lowest BCUT2D eigenvalue weighted by molar-refractivity contribution is -0.132. The van der Waals surface area contributed by atoms with E-state index in [4.69, 9.17) is 0 Å². The Morgan fingerprint density at radius 2 is 2.04 bits per heavy atom. The summed E-state index contributed by atoms with van der Waals surface area (Å²) in [6, 6.07) is 5.67. The highest BCUT2D eigenvalue weighted by Gasteiger charge is 2.23. The van der Waals surface area contributed by atoms with Crippen LogP contribution in [0.5, 0.6) is 0 Å². The third-order valence-electron chi connectivity index (χ3n) is 5.01. The number of piperidine rings is 1. The van der Waals surface area contributed by atoms with Gasteiger partial charge in [0, 0.05) is 26.1 Å². The second-order valence-electron chi connectivity index (χ2n) is 7.24. The van der Waals surface area contributed by atoms with Crippen LogP contribution < -0.4 is 4.31 Å². The molecular formula is C19H30N2O3S. The normalized spacial score (nSPS) is 18.2. The first-order chi connectivity index (χ1) is 11.7. The van der Waals surface area contributed by atoms with Crippen molar-refractivity contribution in [2.45, 2.75) is 46.5 Å². The highest BCUT2D eigenvalue weighted by molar-refractivity contribution is 7.92. The molecule has 0 aromatic heterocycles. The number of nitrogens with zero attached hydrogens (tertiary/aromatic N) is 2. The monoisotopic (exact) mass is 366 g/mol. The van der Waals surface area contributed by atoms with Gasteiger partial charge in [-0.2, -0.15) is 0 Å². The standard InChI is InChI=1S/C19H30N2O3S/c1-15-8-6-12-20(14-15)19(22)11-7-13-21(25(4,23)24)18-10-5-9-16(2)17(18)3/h5,9-10,15H,6-8,11-14H2,1-4H3/t15-/m0/s1. The average Bonchev–Trinajstić information content (AvgIpc) is 2.53. The first kappa shape index (κ1) is 19.8. The molecule has 1 heterocycles. The molecule has 0 bridgehead atoms. The van der Waals surface area contributed by atoms with Gasteiger partial charge in [-0.05, 0) is 56.2 Å². The number of aryl methyl sites for hydroxylation is 1. The number of carbonyl (C=O) groups is 1. The fraction of sp³-hybridized carbons (Fsp3) is 0.632. The van der Waals surface area contributed by atoms with Crippen molar-refractivity contribution < 1.29 is 13.2 Å². The minimum atomic E-state index is -3.38. The molecule has 1 amide bonds. The summed E-state index contributed by atoms with van der Waals surface area (Å²) in [5.74, 6) is 0.695. The third kappa shape index (κ3) is 5.21. The predicted octanol–water partition coefficient (Wildman–Crippen LogP) is 3.11. The molecular weight excluding hydrogens is 336 g/mol. The molecule has 0 saturated carbocycles. The largest absolute Gasteiger partial charge is 0.342 e. The van der Waals surface area contributed by atoms with Crippen LogP contribution in [0, 0.1) is 19.8 Å². The number of likely N-dealkylation sites (tertiary alicyclic amines) is 1. The number of carbonyl (C=O) groups excluding carboxylic acids is 1. The second-order valence-corrected chi connectivity index (χ2v) is 9.15. The molecule has 2 rings (SSSR count). The number of sulfonamides is 1. The molecule has 0 unspecified atom stereocenters. The van der Waals surface area contributed by atoms with Gasteiger partial charge < -0.3 is 4.90 Å². The smallest absolute Gasteiger partial charge is 0.232 e. The quantitative estimate of drug-likeness (QED) is 0.777. The van der Waals surface area contributed by atoms with Crippen molar-refractivity contribution in [3.8, 4) is 0 Å². The zero-order valence-electron chi connectivity index (χ0n) is 15.8. The highest BCUT2D eigenvalue weighted by Crippen LogP contribution is 2.25. The SMILES string of the molecule is Cc1cccc(N(CCCC(=O)N2CCC[C@H](C)C2)S(C)(=O)=O)c1C. The molecule has 0 N–H and O–H groups in total. The van der Waals surface area contributed by atoms with Crippen LogP contribution in [0.25, 0.3) is 0 Å². The van der Waals surface area contributed by atoms with Crippen LogP contribution in [0.2, 0.25) is 0 Å². The molecule has 1 saturated heterocycles. The molecule has 1 atom stereocenters. The zero-order valence-corrected chi connectivity index (χ0v) is 16.6. The summed E-state index contributed by atoms with van der Waals surface area (Å²) in [4.78, 5) is 14.3.